The molecule has 0 saturated carbocycles. The Kier molecular flexibility index (Phi) is 3.75. The molecule has 3 nitrogen and oxygen atoms in total. The highest BCUT2D eigenvalue weighted by molar-refractivity contribution is 6.31. The van der Waals surface area contributed by atoms with Gasteiger partial charge in [0.15, 0.2) is 0 Å². The van der Waals surface area contributed by atoms with Crippen LogP contribution in [0.5, 0.6) is 0 Å². The van der Waals surface area contributed by atoms with E-state index in [1.807, 2.05) is 18.7 Å². The van der Waals surface area contributed by atoms with Gasteiger partial charge in [-0.2, -0.15) is 5.10 Å². The molecule has 4 heteroatoms. The van der Waals surface area contributed by atoms with Crippen molar-refractivity contribution in [2.75, 3.05) is 7.05 Å². The fraction of sp³-hybridized carbons (Fsp3) is 0.667. The highest BCUT2D eigenvalue weighted by atomic mass is 35.5. The molecule has 1 heterocycles. The first-order valence-electron chi connectivity index (χ1n) is 4.54. The summed E-state index contributed by atoms with van der Waals surface area (Å²) < 4.78 is 1.94. The third-order valence-electron chi connectivity index (χ3n) is 2.34. The molecule has 1 aromatic heterocycles. The Labute approximate surface area is 84.1 Å². The van der Waals surface area contributed by atoms with E-state index in [9.17, 15) is 0 Å². The van der Waals surface area contributed by atoms with Crippen LogP contribution >= 0.6 is 11.6 Å². The Bertz CT molecular complexity index is 266. The summed E-state index contributed by atoms with van der Waals surface area (Å²) in [6, 6.07) is 0.467. The van der Waals surface area contributed by atoms with Crippen molar-refractivity contribution in [3.8, 4) is 0 Å². The van der Waals surface area contributed by atoms with Gasteiger partial charge >= 0.3 is 0 Å². The minimum absolute atomic E-state index is 0.467. The molecule has 0 fully saturated rings. The number of nitrogens with one attached hydrogen (secondary N) is 1. The van der Waals surface area contributed by atoms with Gasteiger partial charge in [0.1, 0.15) is 0 Å². The molecule has 1 rings (SSSR count). The maximum atomic E-state index is 5.90. The molecule has 0 aliphatic rings. The largest absolute Gasteiger partial charge is 0.315 e. The van der Waals surface area contributed by atoms with Crippen LogP contribution in [0.15, 0.2) is 6.20 Å². The van der Waals surface area contributed by atoms with E-state index in [-0.39, 0.29) is 0 Å². The number of halogens is 1. The summed E-state index contributed by atoms with van der Waals surface area (Å²) in [5, 5.41) is 8.17. The molecule has 0 spiro atoms. The molecule has 74 valence electrons. The van der Waals surface area contributed by atoms with Crippen LogP contribution in [-0.2, 0) is 6.54 Å². The van der Waals surface area contributed by atoms with E-state index in [4.69, 9.17) is 11.6 Å². The molecular weight excluding hydrogens is 186 g/mol. The van der Waals surface area contributed by atoms with Crippen LogP contribution in [0.3, 0.4) is 0 Å². The highest BCUT2D eigenvalue weighted by Gasteiger charge is 2.08. The molecule has 0 aromatic carbocycles. The number of hydrogen-bond donors (Lipinski definition) is 1. The summed E-state index contributed by atoms with van der Waals surface area (Å²) in [5.41, 5.74) is 1.04. The average molecular weight is 202 g/mol. The number of aromatic nitrogens is 2. The lowest BCUT2D eigenvalue weighted by Crippen LogP contribution is -2.30. The molecule has 0 aliphatic heterocycles. The number of hydrogen-bond acceptors (Lipinski definition) is 2. The van der Waals surface area contributed by atoms with E-state index in [1.165, 1.54) is 0 Å². The second-order valence-electron chi connectivity index (χ2n) is 3.15. The Morgan fingerprint density at radius 3 is 2.77 bits per heavy atom. The van der Waals surface area contributed by atoms with Gasteiger partial charge in [0.2, 0.25) is 0 Å². The van der Waals surface area contributed by atoms with Crippen LogP contribution in [0, 0.1) is 6.92 Å². The zero-order valence-electron chi connectivity index (χ0n) is 8.34. The standard InChI is InChI=1S/C9H16ClN3/c1-4-8(11-3)6-13-7(2)9(10)5-12-13/h5,8,11H,4,6H2,1-3H3. The zero-order chi connectivity index (χ0) is 9.84. The highest BCUT2D eigenvalue weighted by Crippen LogP contribution is 2.13. The predicted octanol–water partition coefficient (Wildman–Crippen LogP) is 1.84. The van der Waals surface area contributed by atoms with Gasteiger partial charge in [-0.15, -0.1) is 0 Å². The average Bonchev–Trinajstić information content (AvgIpc) is 2.45. The van der Waals surface area contributed by atoms with Gasteiger partial charge in [-0.25, -0.2) is 0 Å². The lowest BCUT2D eigenvalue weighted by Gasteiger charge is -2.14. The smallest absolute Gasteiger partial charge is 0.0814 e. The quantitative estimate of drug-likeness (QED) is 0.806. The lowest BCUT2D eigenvalue weighted by molar-refractivity contribution is 0.437. The fourth-order valence-corrected chi connectivity index (χ4v) is 1.38. The molecule has 1 aromatic rings. The van der Waals surface area contributed by atoms with E-state index in [0.29, 0.717) is 6.04 Å². The Hall–Kier alpha value is -0.540. The van der Waals surface area contributed by atoms with Gasteiger partial charge in [-0.3, -0.25) is 4.68 Å². The second-order valence-corrected chi connectivity index (χ2v) is 3.56. The van der Waals surface area contributed by atoms with E-state index in [0.717, 1.165) is 23.7 Å². The van der Waals surface area contributed by atoms with Crippen LogP contribution < -0.4 is 5.32 Å². The molecule has 0 saturated heterocycles. The monoisotopic (exact) mass is 201 g/mol. The van der Waals surface area contributed by atoms with E-state index in [2.05, 4.69) is 17.3 Å². The topological polar surface area (TPSA) is 29.9 Å². The first-order valence-corrected chi connectivity index (χ1v) is 4.92. The van der Waals surface area contributed by atoms with Crippen molar-refractivity contribution in [3.63, 3.8) is 0 Å². The van der Waals surface area contributed by atoms with Crippen molar-refractivity contribution in [1.82, 2.24) is 15.1 Å². The van der Waals surface area contributed by atoms with Gasteiger partial charge < -0.3 is 5.32 Å². The molecule has 0 aliphatic carbocycles. The van der Waals surface area contributed by atoms with Crippen LogP contribution in [0.1, 0.15) is 19.0 Å². The SMILES string of the molecule is CCC(Cn1ncc(Cl)c1C)NC. The summed E-state index contributed by atoms with van der Waals surface area (Å²) in [5.74, 6) is 0. The van der Waals surface area contributed by atoms with E-state index >= 15 is 0 Å². The van der Waals surface area contributed by atoms with Crippen molar-refractivity contribution < 1.29 is 0 Å². The van der Waals surface area contributed by atoms with Gasteiger partial charge in [0.25, 0.3) is 0 Å². The lowest BCUT2D eigenvalue weighted by atomic mass is 10.2. The molecule has 1 atom stereocenters. The van der Waals surface area contributed by atoms with Gasteiger partial charge in [-0.05, 0) is 20.4 Å². The Balaban J connectivity index is 2.67. The van der Waals surface area contributed by atoms with Crippen LogP contribution in [0.25, 0.3) is 0 Å². The van der Waals surface area contributed by atoms with Crippen LogP contribution in [0.2, 0.25) is 5.02 Å². The van der Waals surface area contributed by atoms with Crippen molar-refractivity contribution in [2.45, 2.75) is 32.9 Å². The third kappa shape index (κ3) is 2.45. The van der Waals surface area contributed by atoms with Crippen molar-refractivity contribution in [3.05, 3.63) is 16.9 Å². The number of likely N-dealkylation sites (N-methyl/N-ethyl adjacent to an activating group) is 1. The van der Waals surface area contributed by atoms with Crippen LogP contribution in [0.4, 0.5) is 0 Å². The van der Waals surface area contributed by atoms with Crippen LogP contribution in [-0.4, -0.2) is 22.9 Å². The summed E-state index contributed by atoms with van der Waals surface area (Å²) in [7, 11) is 1.97. The summed E-state index contributed by atoms with van der Waals surface area (Å²) in [4.78, 5) is 0. The molecule has 0 bridgehead atoms. The molecule has 1 unspecified atom stereocenters. The third-order valence-corrected chi connectivity index (χ3v) is 2.71. The fourth-order valence-electron chi connectivity index (χ4n) is 1.24. The van der Waals surface area contributed by atoms with Crippen molar-refractivity contribution in [1.29, 1.82) is 0 Å². The molecule has 0 radical (unpaired) electrons. The first-order chi connectivity index (χ1) is 6.19. The zero-order valence-corrected chi connectivity index (χ0v) is 9.10. The first kappa shape index (κ1) is 10.5. The van der Waals surface area contributed by atoms with E-state index in [1.54, 1.807) is 6.20 Å². The van der Waals surface area contributed by atoms with Crippen molar-refractivity contribution in [2.24, 2.45) is 0 Å². The van der Waals surface area contributed by atoms with Gasteiger partial charge in [-0.1, -0.05) is 18.5 Å². The summed E-state index contributed by atoms with van der Waals surface area (Å²) >= 11 is 5.90. The van der Waals surface area contributed by atoms with Gasteiger partial charge in [0, 0.05) is 6.04 Å². The molecule has 0 amide bonds. The minimum atomic E-state index is 0.467. The summed E-state index contributed by atoms with van der Waals surface area (Å²) in [6.07, 6.45) is 2.78. The normalized spacial score (nSPS) is 13.2. The number of nitrogens with zero attached hydrogens (tertiary/aromatic N) is 2. The molecule has 1 N–H and O–H groups in total. The van der Waals surface area contributed by atoms with E-state index < -0.39 is 0 Å². The predicted molar refractivity (Wildman–Crippen MR) is 55.1 cm³/mol. The molecular formula is C9H16ClN3. The Morgan fingerprint density at radius 2 is 2.38 bits per heavy atom. The van der Waals surface area contributed by atoms with Gasteiger partial charge in [0.05, 0.1) is 23.5 Å². The number of rotatable bonds is 4. The minimum Gasteiger partial charge on any atom is -0.315 e. The maximum Gasteiger partial charge on any atom is 0.0814 e. The second kappa shape index (κ2) is 4.63. The molecule has 13 heavy (non-hydrogen) atoms. The maximum absolute atomic E-state index is 5.90. The van der Waals surface area contributed by atoms with Crippen molar-refractivity contribution >= 4 is 11.6 Å². The summed E-state index contributed by atoms with van der Waals surface area (Å²) in [6.45, 7) is 5.02. The Morgan fingerprint density at radius 1 is 1.69 bits per heavy atom.